The van der Waals surface area contributed by atoms with E-state index in [0.29, 0.717) is 35.7 Å². The number of piperidine rings is 1. The molecular formula is C23H22N2O3. The van der Waals surface area contributed by atoms with Crippen molar-refractivity contribution < 1.29 is 14.3 Å². The lowest BCUT2D eigenvalue weighted by Gasteiger charge is -2.28. The summed E-state index contributed by atoms with van der Waals surface area (Å²) in [5, 5.41) is 4.89. The third kappa shape index (κ3) is 3.43. The van der Waals surface area contributed by atoms with E-state index in [2.05, 4.69) is 5.32 Å². The monoisotopic (exact) mass is 374 g/mol. The number of carbonyl (C=O) groups excluding carboxylic acids is 2. The highest BCUT2D eigenvalue weighted by molar-refractivity contribution is 6.13. The standard InChI is InChI=1S/C23H22N2O3/c1-28-21-13-12-17(15-20(21)25-14-5-4-11-22(25)26)24-23(27)19-10-6-8-16-7-2-3-9-18(16)19/h2-3,6-10,12-13,15H,4-5,11,14H2,1H3,(H,24,27). The first-order valence-electron chi connectivity index (χ1n) is 9.45. The van der Waals surface area contributed by atoms with Crippen LogP contribution in [0.25, 0.3) is 10.8 Å². The van der Waals surface area contributed by atoms with Gasteiger partial charge in [-0.1, -0.05) is 36.4 Å². The van der Waals surface area contributed by atoms with Gasteiger partial charge in [0.15, 0.2) is 0 Å². The van der Waals surface area contributed by atoms with Gasteiger partial charge in [-0.05, 0) is 47.9 Å². The zero-order chi connectivity index (χ0) is 19.5. The van der Waals surface area contributed by atoms with Crippen LogP contribution in [0.1, 0.15) is 29.6 Å². The number of benzene rings is 3. The summed E-state index contributed by atoms with van der Waals surface area (Å²) in [7, 11) is 1.58. The Morgan fingerprint density at radius 1 is 1.04 bits per heavy atom. The molecule has 1 fully saturated rings. The molecule has 4 rings (SSSR count). The second-order valence-corrected chi connectivity index (χ2v) is 6.87. The highest BCUT2D eigenvalue weighted by Gasteiger charge is 2.23. The number of amides is 2. The summed E-state index contributed by atoms with van der Waals surface area (Å²) in [6.45, 7) is 0.663. The maximum absolute atomic E-state index is 12.9. The summed E-state index contributed by atoms with van der Waals surface area (Å²) in [6.07, 6.45) is 2.41. The van der Waals surface area contributed by atoms with Gasteiger partial charge in [0.2, 0.25) is 5.91 Å². The van der Waals surface area contributed by atoms with Crippen LogP contribution in [0.15, 0.2) is 60.7 Å². The molecule has 0 aromatic heterocycles. The summed E-state index contributed by atoms with van der Waals surface area (Å²) < 4.78 is 5.44. The molecule has 28 heavy (non-hydrogen) atoms. The molecular weight excluding hydrogens is 352 g/mol. The second kappa shape index (κ2) is 7.72. The van der Waals surface area contributed by atoms with Crippen molar-refractivity contribution in [2.45, 2.75) is 19.3 Å². The Morgan fingerprint density at radius 3 is 2.68 bits per heavy atom. The number of nitrogens with zero attached hydrogens (tertiary/aromatic N) is 1. The molecule has 0 atom stereocenters. The minimum Gasteiger partial charge on any atom is -0.495 e. The number of nitrogens with one attached hydrogen (secondary N) is 1. The molecule has 0 bridgehead atoms. The molecule has 1 aliphatic heterocycles. The van der Waals surface area contributed by atoms with E-state index in [1.807, 2.05) is 48.5 Å². The summed E-state index contributed by atoms with van der Waals surface area (Å²) >= 11 is 0. The van der Waals surface area contributed by atoms with Gasteiger partial charge in [0.25, 0.3) is 5.91 Å². The highest BCUT2D eigenvalue weighted by Crippen LogP contribution is 2.34. The van der Waals surface area contributed by atoms with Crippen molar-refractivity contribution in [3.8, 4) is 5.75 Å². The lowest BCUT2D eigenvalue weighted by molar-refractivity contribution is -0.119. The first-order valence-corrected chi connectivity index (χ1v) is 9.45. The zero-order valence-electron chi connectivity index (χ0n) is 15.8. The summed E-state index contributed by atoms with van der Waals surface area (Å²) in [5.41, 5.74) is 1.94. The maximum Gasteiger partial charge on any atom is 0.256 e. The van der Waals surface area contributed by atoms with E-state index in [1.54, 1.807) is 24.1 Å². The fourth-order valence-corrected chi connectivity index (χ4v) is 3.66. The lowest BCUT2D eigenvalue weighted by atomic mass is 10.0. The average Bonchev–Trinajstić information content (AvgIpc) is 2.73. The number of fused-ring (bicyclic) bond motifs is 1. The van der Waals surface area contributed by atoms with Gasteiger partial charge in [0.1, 0.15) is 5.75 Å². The number of ether oxygens (including phenoxy) is 1. The van der Waals surface area contributed by atoms with Crippen LogP contribution < -0.4 is 15.0 Å². The van der Waals surface area contributed by atoms with E-state index in [1.165, 1.54) is 0 Å². The van der Waals surface area contributed by atoms with Gasteiger partial charge in [0.05, 0.1) is 12.8 Å². The van der Waals surface area contributed by atoms with Crippen LogP contribution in [0.3, 0.4) is 0 Å². The van der Waals surface area contributed by atoms with Crippen LogP contribution in [-0.2, 0) is 4.79 Å². The van der Waals surface area contributed by atoms with Crippen molar-refractivity contribution in [3.05, 3.63) is 66.2 Å². The molecule has 0 saturated carbocycles. The molecule has 3 aromatic carbocycles. The van der Waals surface area contributed by atoms with Gasteiger partial charge in [-0.3, -0.25) is 9.59 Å². The Kier molecular flexibility index (Phi) is 4.98. The predicted molar refractivity (Wildman–Crippen MR) is 111 cm³/mol. The van der Waals surface area contributed by atoms with Crippen LogP contribution >= 0.6 is 0 Å². The van der Waals surface area contributed by atoms with Crippen LogP contribution in [0.4, 0.5) is 11.4 Å². The predicted octanol–water partition coefficient (Wildman–Crippen LogP) is 4.62. The first kappa shape index (κ1) is 18.0. The van der Waals surface area contributed by atoms with Crippen molar-refractivity contribution in [2.75, 3.05) is 23.9 Å². The van der Waals surface area contributed by atoms with Crippen LogP contribution in [0, 0.1) is 0 Å². The molecule has 0 spiro atoms. The normalized spacial score (nSPS) is 14.2. The summed E-state index contributed by atoms with van der Waals surface area (Å²) in [4.78, 5) is 27.0. The number of hydrogen-bond acceptors (Lipinski definition) is 3. The van der Waals surface area contributed by atoms with Crippen molar-refractivity contribution in [3.63, 3.8) is 0 Å². The minimum atomic E-state index is -0.183. The average molecular weight is 374 g/mol. The molecule has 142 valence electrons. The fourth-order valence-electron chi connectivity index (χ4n) is 3.66. The maximum atomic E-state index is 12.9. The molecule has 0 aliphatic carbocycles. The quantitative estimate of drug-likeness (QED) is 0.725. The SMILES string of the molecule is COc1ccc(NC(=O)c2cccc3ccccc23)cc1N1CCCCC1=O. The molecule has 0 unspecified atom stereocenters. The topological polar surface area (TPSA) is 58.6 Å². The Hall–Kier alpha value is -3.34. The zero-order valence-corrected chi connectivity index (χ0v) is 15.8. The van der Waals surface area contributed by atoms with E-state index in [9.17, 15) is 9.59 Å². The molecule has 5 heteroatoms. The number of carbonyl (C=O) groups is 2. The van der Waals surface area contributed by atoms with E-state index < -0.39 is 0 Å². The minimum absolute atomic E-state index is 0.0853. The third-order valence-electron chi connectivity index (χ3n) is 5.09. The Bertz CT molecular complexity index is 1040. The van der Waals surface area contributed by atoms with Gasteiger partial charge >= 0.3 is 0 Å². The first-order chi connectivity index (χ1) is 13.7. The molecule has 2 amide bonds. The molecule has 0 radical (unpaired) electrons. The highest BCUT2D eigenvalue weighted by atomic mass is 16.5. The van der Waals surface area contributed by atoms with Crippen LogP contribution in [-0.4, -0.2) is 25.5 Å². The molecule has 5 nitrogen and oxygen atoms in total. The van der Waals surface area contributed by atoms with Gasteiger partial charge in [-0.2, -0.15) is 0 Å². The molecule has 1 N–H and O–H groups in total. The summed E-state index contributed by atoms with van der Waals surface area (Å²) in [5.74, 6) is 0.526. The molecule has 1 heterocycles. The Balaban J connectivity index is 1.65. The molecule has 1 saturated heterocycles. The van der Waals surface area contributed by atoms with E-state index in [4.69, 9.17) is 4.74 Å². The van der Waals surface area contributed by atoms with Crippen molar-refractivity contribution >= 4 is 34.0 Å². The van der Waals surface area contributed by atoms with Gasteiger partial charge in [-0.15, -0.1) is 0 Å². The Morgan fingerprint density at radius 2 is 1.86 bits per heavy atom. The largest absolute Gasteiger partial charge is 0.495 e. The second-order valence-electron chi connectivity index (χ2n) is 6.87. The van der Waals surface area contributed by atoms with E-state index in [0.717, 1.165) is 23.6 Å². The van der Waals surface area contributed by atoms with Crippen molar-refractivity contribution in [1.82, 2.24) is 0 Å². The van der Waals surface area contributed by atoms with Gasteiger partial charge < -0.3 is 15.0 Å². The van der Waals surface area contributed by atoms with Crippen LogP contribution in [0.5, 0.6) is 5.75 Å². The number of anilines is 2. The number of methoxy groups -OCH3 is 1. The third-order valence-corrected chi connectivity index (χ3v) is 5.09. The smallest absolute Gasteiger partial charge is 0.256 e. The number of rotatable bonds is 4. The fraction of sp³-hybridized carbons (Fsp3) is 0.217. The number of hydrogen-bond donors (Lipinski definition) is 1. The molecule has 3 aromatic rings. The van der Waals surface area contributed by atoms with Crippen molar-refractivity contribution in [1.29, 1.82) is 0 Å². The van der Waals surface area contributed by atoms with Gasteiger partial charge in [-0.25, -0.2) is 0 Å². The van der Waals surface area contributed by atoms with Crippen molar-refractivity contribution in [2.24, 2.45) is 0 Å². The molecule has 1 aliphatic rings. The van der Waals surface area contributed by atoms with E-state index >= 15 is 0 Å². The summed E-state index contributed by atoms with van der Waals surface area (Å²) in [6, 6.07) is 18.9. The van der Waals surface area contributed by atoms with E-state index in [-0.39, 0.29) is 11.8 Å². The van der Waals surface area contributed by atoms with Crippen LogP contribution in [0.2, 0.25) is 0 Å². The Labute approximate surface area is 163 Å². The van der Waals surface area contributed by atoms with Gasteiger partial charge in [0, 0.05) is 24.2 Å². The lowest BCUT2D eigenvalue weighted by Crippen LogP contribution is -2.35.